The number of hydrogen-bond acceptors (Lipinski definition) is 3. The topological polar surface area (TPSA) is 84.2 Å². The number of imide groups is 1. The molecule has 1 unspecified atom stereocenters. The highest BCUT2D eigenvalue weighted by molar-refractivity contribution is 9.10. The van der Waals surface area contributed by atoms with Crippen molar-refractivity contribution in [3.63, 3.8) is 0 Å². The second-order valence-electron chi connectivity index (χ2n) is 3.86. The van der Waals surface area contributed by atoms with E-state index >= 15 is 0 Å². The van der Waals surface area contributed by atoms with Crippen LogP contribution >= 0.6 is 15.9 Å². The number of rotatable bonds is 3. The Balaban J connectivity index is 2.44. The van der Waals surface area contributed by atoms with Crippen molar-refractivity contribution < 1.29 is 9.59 Å². The Labute approximate surface area is 107 Å². The van der Waals surface area contributed by atoms with Gasteiger partial charge in [0.05, 0.1) is 0 Å². The molecule has 6 heteroatoms. The maximum atomic E-state index is 11.9. The molecule has 1 fully saturated rings. The molecule has 0 radical (unpaired) electrons. The largest absolute Gasteiger partial charge is 0.330 e. The van der Waals surface area contributed by atoms with E-state index in [1.165, 1.54) is 0 Å². The molecule has 17 heavy (non-hydrogen) atoms. The Morgan fingerprint density at radius 1 is 1.24 bits per heavy atom. The molecule has 0 saturated carbocycles. The van der Waals surface area contributed by atoms with Gasteiger partial charge in [-0.1, -0.05) is 28.1 Å². The third-order valence-electron chi connectivity index (χ3n) is 2.80. The molecule has 1 saturated heterocycles. The normalized spacial score (nSPS) is 23.4. The van der Waals surface area contributed by atoms with Gasteiger partial charge >= 0.3 is 6.03 Å². The molecule has 1 aromatic rings. The number of hydrogen-bond donors (Lipinski definition) is 3. The van der Waals surface area contributed by atoms with Crippen LogP contribution in [0, 0.1) is 0 Å². The number of urea groups is 1. The lowest BCUT2D eigenvalue weighted by molar-refractivity contribution is -0.124. The molecule has 0 spiro atoms. The fraction of sp³-hybridized carbons (Fsp3) is 0.273. The first-order valence-electron chi connectivity index (χ1n) is 5.18. The van der Waals surface area contributed by atoms with Gasteiger partial charge in [0.1, 0.15) is 5.54 Å². The third-order valence-corrected chi connectivity index (χ3v) is 3.33. The summed E-state index contributed by atoms with van der Waals surface area (Å²) in [5, 5.41) is 4.91. The van der Waals surface area contributed by atoms with Crippen LogP contribution in [0.25, 0.3) is 0 Å². The van der Waals surface area contributed by atoms with E-state index in [1.807, 2.05) is 12.1 Å². The van der Waals surface area contributed by atoms with E-state index in [4.69, 9.17) is 5.73 Å². The van der Waals surface area contributed by atoms with Crippen molar-refractivity contribution in [1.29, 1.82) is 0 Å². The smallest absolute Gasteiger partial charge is 0.322 e. The lowest BCUT2D eigenvalue weighted by Crippen LogP contribution is -2.45. The summed E-state index contributed by atoms with van der Waals surface area (Å²) in [6.45, 7) is 0.309. The Morgan fingerprint density at radius 2 is 1.88 bits per heavy atom. The molecule has 1 aromatic carbocycles. The van der Waals surface area contributed by atoms with Gasteiger partial charge < -0.3 is 11.1 Å². The fourth-order valence-corrected chi connectivity index (χ4v) is 2.23. The van der Waals surface area contributed by atoms with Crippen LogP contribution in [-0.2, 0) is 10.3 Å². The summed E-state index contributed by atoms with van der Waals surface area (Å²) in [6, 6.07) is 6.76. The van der Waals surface area contributed by atoms with Gasteiger partial charge in [-0.2, -0.15) is 0 Å². The van der Waals surface area contributed by atoms with Crippen LogP contribution in [0.2, 0.25) is 0 Å². The van der Waals surface area contributed by atoms with E-state index in [2.05, 4.69) is 26.6 Å². The first kappa shape index (κ1) is 12.1. The zero-order chi connectivity index (χ0) is 12.5. The first-order chi connectivity index (χ1) is 8.08. The Hall–Kier alpha value is -1.40. The monoisotopic (exact) mass is 297 g/mol. The number of halogens is 1. The van der Waals surface area contributed by atoms with E-state index in [1.54, 1.807) is 12.1 Å². The number of nitrogens with one attached hydrogen (secondary N) is 2. The maximum absolute atomic E-state index is 11.9. The minimum Gasteiger partial charge on any atom is -0.330 e. The highest BCUT2D eigenvalue weighted by Gasteiger charge is 2.46. The summed E-state index contributed by atoms with van der Waals surface area (Å²) in [4.78, 5) is 23.2. The van der Waals surface area contributed by atoms with Crippen LogP contribution in [-0.4, -0.2) is 18.5 Å². The van der Waals surface area contributed by atoms with Crippen LogP contribution in [0.4, 0.5) is 4.79 Å². The lowest BCUT2D eigenvalue weighted by Gasteiger charge is -2.25. The Kier molecular flexibility index (Phi) is 3.17. The molecular weight excluding hydrogens is 286 g/mol. The molecule has 0 bridgehead atoms. The molecule has 1 atom stereocenters. The van der Waals surface area contributed by atoms with Crippen molar-refractivity contribution in [2.75, 3.05) is 6.54 Å². The van der Waals surface area contributed by atoms with Gasteiger partial charge in [-0.05, 0) is 30.7 Å². The molecular formula is C11H12BrN3O2. The van der Waals surface area contributed by atoms with Crippen molar-refractivity contribution in [2.45, 2.75) is 12.0 Å². The van der Waals surface area contributed by atoms with Crippen LogP contribution in [0.1, 0.15) is 12.0 Å². The van der Waals surface area contributed by atoms with Crippen molar-refractivity contribution in [3.05, 3.63) is 34.3 Å². The predicted molar refractivity (Wildman–Crippen MR) is 66.2 cm³/mol. The molecule has 1 aliphatic heterocycles. The Morgan fingerprint density at radius 3 is 2.35 bits per heavy atom. The van der Waals surface area contributed by atoms with Gasteiger partial charge in [-0.3, -0.25) is 10.1 Å². The van der Waals surface area contributed by atoms with Crippen molar-refractivity contribution >= 4 is 27.9 Å². The lowest BCUT2D eigenvalue weighted by atomic mass is 9.87. The average Bonchev–Trinajstić information content (AvgIpc) is 2.56. The van der Waals surface area contributed by atoms with Gasteiger partial charge in [-0.15, -0.1) is 0 Å². The minimum atomic E-state index is -1.04. The van der Waals surface area contributed by atoms with Crippen molar-refractivity contribution in [1.82, 2.24) is 10.6 Å². The number of carbonyl (C=O) groups excluding carboxylic acids is 2. The standard InChI is InChI=1S/C11H12BrN3O2/c12-8-3-1-7(2-4-8)11(5-6-13)9(16)14-10(17)15-11/h1-4H,5-6,13H2,(H2,14,15,16,17). The van der Waals surface area contributed by atoms with Crippen LogP contribution in [0.15, 0.2) is 28.7 Å². The summed E-state index contributed by atoms with van der Waals surface area (Å²) in [5.41, 5.74) is 5.22. The van der Waals surface area contributed by atoms with Gasteiger partial charge in [0, 0.05) is 4.47 Å². The zero-order valence-corrected chi connectivity index (χ0v) is 10.6. The quantitative estimate of drug-likeness (QED) is 0.723. The fourth-order valence-electron chi connectivity index (χ4n) is 1.97. The molecule has 4 N–H and O–H groups in total. The van der Waals surface area contributed by atoms with Gasteiger partial charge in [0.25, 0.3) is 5.91 Å². The summed E-state index contributed by atoms with van der Waals surface area (Å²) in [7, 11) is 0. The van der Waals surface area contributed by atoms with Crippen LogP contribution < -0.4 is 16.4 Å². The average molecular weight is 298 g/mol. The van der Waals surface area contributed by atoms with Crippen LogP contribution in [0.3, 0.4) is 0 Å². The molecule has 5 nitrogen and oxygen atoms in total. The molecule has 2 rings (SSSR count). The third kappa shape index (κ3) is 2.05. The predicted octanol–water partition coefficient (Wildman–Crippen LogP) is 0.833. The first-order valence-corrected chi connectivity index (χ1v) is 5.97. The summed E-state index contributed by atoms with van der Waals surface area (Å²) < 4.78 is 0.911. The number of carbonyl (C=O) groups is 2. The van der Waals surface area contributed by atoms with Crippen molar-refractivity contribution in [2.24, 2.45) is 5.73 Å². The Bertz CT molecular complexity index is 460. The molecule has 0 aliphatic carbocycles. The number of nitrogens with two attached hydrogens (primary N) is 1. The molecule has 0 aromatic heterocycles. The van der Waals surface area contributed by atoms with Gasteiger partial charge in [-0.25, -0.2) is 4.79 Å². The highest BCUT2D eigenvalue weighted by Crippen LogP contribution is 2.29. The molecule has 1 aliphatic rings. The van der Waals surface area contributed by atoms with Gasteiger partial charge in [0.2, 0.25) is 0 Å². The number of benzene rings is 1. The van der Waals surface area contributed by atoms with E-state index in [-0.39, 0.29) is 5.91 Å². The molecule has 3 amide bonds. The van der Waals surface area contributed by atoms with Crippen molar-refractivity contribution in [3.8, 4) is 0 Å². The van der Waals surface area contributed by atoms with E-state index in [9.17, 15) is 9.59 Å². The summed E-state index contributed by atoms with van der Waals surface area (Å²) in [6.07, 6.45) is 0.367. The molecule has 90 valence electrons. The van der Waals surface area contributed by atoms with Crippen LogP contribution in [0.5, 0.6) is 0 Å². The zero-order valence-electron chi connectivity index (χ0n) is 9.00. The van der Waals surface area contributed by atoms with E-state index < -0.39 is 11.6 Å². The highest BCUT2D eigenvalue weighted by atomic mass is 79.9. The summed E-state index contributed by atoms with van der Waals surface area (Å²) >= 11 is 3.33. The number of amides is 3. The minimum absolute atomic E-state index is 0.309. The molecule has 1 heterocycles. The van der Waals surface area contributed by atoms with E-state index in [0.717, 1.165) is 10.0 Å². The maximum Gasteiger partial charge on any atom is 0.322 e. The second kappa shape index (κ2) is 4.46. The second-order valence-corrected chi connectivity index (χ2v) is 4.77. The SMILES string of the molecule is NCCC1(c2ccc(Br)cc2)NC(=O)NC1=O. The summed E-state index contributed by atoms with van der Waals surface area (Å²) in [5.74, 6) is -0.352. The van der Waals surface area contributed by atoms with Gasteiger partial charge in [0.15, 0.2) is 0 Å². The van der Waals surface area contributed by atoms with E-state index in [0.29, 0.717) is 13.0 Å².